The minimum absolute atomic E-state index is 0. The molecule has 39 heavy (non-hydrogen) atoms. The second kappa shape index (κ2) is 10.7. The maximum absolute atomic E-state index is 15.1. The topological polar surface area (TPSA) is 131 Å². The summed E-state index contributed by atoms with van der Waals surface area (Å²) in [4.78, 5) is 31.0. The third kappa shape index (κ3) is 4.99. The number of likely N-dealkylation sites (tertiary alicyclic amines) is 1. The van der Waals surface area contributed by atoms with Gasteiger partial charge in [0.1, 0.15) is 23.0 Å². The van der Waals surface area contributed by atoms with Crippen LogP contribution in [0.2, 0.25) is 0 Å². The average Bonchev–Trinajstić information content (AvgIpc) is 3.35. The number of nitrogens with one attached hydrogen (secondary N) is 1. The zero-order chi connectivity index (χ0) is 27.3. The number of nitrogens with zero attached hydrogens (tertiary/aromatic N) is 5. The quantitative estimate of drug-likeness (QED) is 0.317. The van der Waals surface area contributed by atoms with E-state index in [-0.39, 0.29) is 48.8 Å². The minimum Gasteiger partial charge on any atom is -0.391 e. The summed E-state index contributed by atoms with van der Waals surface area (Å²) >= 11 is 0. The Morgan fingerprint density at radius 2 is 2.03 bits per heavy atom. The summed E-state index contributed by atoms with van der Waals surface area (Å²) < 4.78 is 18.7. The Morgan fingerprint density at radius 3 is 2.62 bits per heavy atom. The van der Waals surface area contributed by atoms with Crippen LogP contribution in [0.15, 0.2) is 24.8 Å². The molecule has 1 saturated carbocycles. The largest absolute Gasteiger partial charge is 0.391 e. The molecule has 2 fully saturated rings. The summed E-state index contributed by atoms with van der Waals surface area (Å²) in [5, 5.41) is 17.8. The van der Waals surface area contributed by atoms with Crippen LogP contribution in [0.4, 0.5) is 10.2 Å². The van der Waals surface area contributed by atoms with Gasteiger partial charge in [0.05, 0.1) is 34.8 Å². The third-order valence-electron chi connectivity index (χ3n) is 7.26. The molecule has 0 spiro atoms. The zero-order valence-corrected chi connectivity index (χ0v) is 23.0. The number of rotatable bonds is 6. The molecule has 206 valence electrons. The van der Waals surface area contributed by atoms with Crippen molar-refractivity contribution >= 4 is 42.2 Å². The Hall–Kier alpha value is -3.82. The van der Waals surface area contributed by atoms with Gasteiger partial charge in [-0.1, -0.05) is 12.5 Å². The van der Waals surface area contributed by atoms with Gasteiger partial charge in [0.2, 0.25) is 5.91 Å². The van der Waals surface area contributed by atoms with E-state index in [1.54, 1.807) is 24.7 Å². The van der Waals surface area contributed by atoms with Gasteiger partial charge >= 0.3 is 0 Å². The highest BCUT2D eigenvalue weighted by molar-refractivity contribution is 7.59. The second-order valence-corrected chi connectivity index (χ2v) is 9.85. The summed E-state index contributed by atoms with van der Waals surface area (Å²) in [6, 6.07) is 2.60. The number of aromatic nitrogens is 4. The lowest BCUT2D eigenvalue weighted by atomic mass is 10.1. The van der Waals surface area contributed by atoms with Crippen molar-refractivity contribution in [1.29, 1.82) is 0 Å². The van der Waals surface area contributed by atoms with Crippen LogP contribution in [-0.2, 0) is 4.79 Å². The van der Waals surface area contributed by atoms with Crippen molar-refractivity contribution in [3.63, 3.8) is 0 Å². The van der Waals surface area contributed by atoms with Crippen molar-refractivity contribution in [2.75, 3.05) is 18.9 Å². The zero-order valence-electron chi connectivity index (χ0n) is 22.0. The van der Waals surface area contributed by atoms with Crippen LogP contribution in [0.3, 0.4) is 0 Å². The van der Waals surface area contributed by atoms with Crippen LogP contribution < -0.4 is 11.1 Å². The fourth-order valence-electron chi connectivity index (χ4n) is 5.36. The van der Waals surface area contributed by atoms with Crippen LogP contribution in [0.25, 0.3) is 11.0 Å². The maximum atomic E-state index is 15.1. The molecule has 1 aliphatic heterocycles. The third-order valence-corrected chi connectivity index (χ3v) is 7.26. The van der Waals surface area contributed by atoms with Gasteiger partial charge in [-0.3, -0.25) is 9.59 Å². The normalized spacial score (nSPS) is 19.3. The van der Waals surface area contributed by atoms with E-state index in [0.29, 0.717) is 23.8 Å². The number of carbonyl (C=O) groups is 2. The number of fused-ring (bicyclic) bond motifs is 1. The Balaban J connectivity index is 0.00000353. The van der Waals surface area contributed by atoms with E-state index in [2.05, 4.69) is 38.4 Å². The Bertz CT molecular complexity index is 1530. The van der Waals surface area contributed by atoms with Gasteiger partial charge in [-0.05, 0) is 51.2 Å². The molecule has 3 atom stereocenters. The smallest absolute Gasteiger partial charge is 0.255 e. The number of aryl methyl sites for hydroxylation is 1. The molecule has 1 saturated heterocycles. The SMILES string of the molecule is C=CC(=O)N1C[C@@H](n2nc(C#Cc3cc4nc(C)n(C5CC5)c4cc3F)c(C(N)=O)c2NC)C[C@@H]1[C@H](C)O.S. The highest BCUT2D eigenvalue weighted by atomic mass is 32.1. The molecule has 1 aliphatic carbocycles. The predicted molar refractivity (Wildman–Crippen MR) is 150 cm³/mol. The minimum atomic E-state index is -0.780. The molecule has 12 heteroatoms. The lowest BCUT2D eigenvalue weighted by Gasteiger charge is -2.25. The van der Waals surface area contributed by atoms with E-state index in [4.69, 9.17) is 5.73 Å². The van der Waals surface area contributed by atoms with Crippen molar-refractivity contribution in [1.82, 2.24) is 24.2 Å². The monoisotopic (exact) mass is 553 g/mol. The molecule has 3 aromatic rings. The van der Waals surface area contributed by atoms with Crippen molar-refractivity contribution < 1.29 is 19.1 Å². The van der Waals surface area contributed by atoms with Crippen LogP contribution in [0, 0.1) is 24.6 Å². The van der Waals surface area contributed by atoms with Gasteiger partial charge in [0.15, 0.2) is 5.69 Å². The van der Waals surface area contributed by atoms with Crippen molar-refractivity contribution in [3.8, 4) is 11.8 Å². The molecule has 0 bridgehead atoms. The van der Waals surface area contributed by atoms with Crippen LogP contribution in [0.1, 0.15) is 65.7 Å². The van der Waals surface area contributed by atoms with Crippen molar-refractivity contribution in [3.05, 3.63) is 53.3 Å². The summed E-state index contributed by atoms with van der Waals surface area (Å²) in [5.74, 6) is 5.25. The number of amides is 2. The number of aliphatic hydroxyl groups excluding tert-OH is 1. The predicted octanol–water partition coefficient (Wildman–Crippen LogP) is 2.38. The molecule has 2 amide bonds. The Labute approximate surface area is 232 Å². The number of carbonyl (C=O) groups excluding carboxylic acids is 2. The van der Waals surface area contributed by atoms with Gasteiger partial charge in [-0.25, -0.2) is 14.1 Å². The number of anilines is 1. The standard InChI is InChI=1S/C27H30FN7O3.H2S/c1-5-24(37)33-13-18(11-22(33)14(2)36)35-27(30-4)25(26(29)38)20(32-35)9-6-16-10-21-23(12-19(16)28)34(15(3)31-21)17-7-8-17;/h5,10,12,14,17-18,22,30,36H,1,7-8,11,13H2,2-4H3,(H2,29,38);1H2/t14-,18-,22+;/m0./s1. The van der Waals surface area contributed by atoms with Crippen molar-refractivity contribution in [2.45, 2.75) is 57.3 Å². The molecule has 0 radical (unpaired) electrons. The summed E-state index contributed by atoms with van der Waals surface area (Å²) in [6.07, 6.45) is 2.93. The van der Waals surface area contributed by atoms with Gasteiger partial charge in [-0.2, -0.15) is 18.6 Å². The van der Waals surface area contributed by atoms with E-state index in [1.807, 2.05) is 6.92 Å². The van der Waals surface area contributed by atoms with E-state index in [0.717, 1.165) is 24.2 Å². The van der Waals surface area contributed by atoms with Crippen LogP contribution in [0.5, 0.6) is 0 Å². The number of halogens is 1. The highest BCUT2D eigenvalue weighted by Gasteiger charge is 2.40. The number of imidazole rings is 1. The van der Waals surface area contributed by atoms with Gasteiger partial charge in [-0.15, -0.1) is 0 Å². The molecule has 10 nitrogen and oxygen atoms in total. The summed E-state index contributed by atoms with van der Waals surface area (Å²) in [7, 11) is 1.62. The Morgan fingerprint density at radius 1 is 1.31 bits per heavy atom. The van der Waals surface area contributed by atoms with Crippen LogP contribution >= 0.6 is 13.5 Å². The molecule has 2 aliphatic rings. The molecule has 2 aromatic heterocycles. The number of benzene rings is 1. The molecule has 5 rings (SSSR count). The lowest BCUT2D eigenvalue weighted by molar-refractivity contribution is -0.128. The first-order valence-corrected chi connectivity index (χ1v) is 12.6. The van der Waals surface area contributed by atoms with Gasteiger partial charge in [0.25, 0.3) is 5.91 Å². The fraction of sp³-hybridized carbons (Fsp3) is 0.407. The first kappa shape index (κ1) is 28.2. The van der Waals surface area contributed by atoms with E-state index in [1.165, 1.54) is 17.0 Å². The molecule has 1 aromatic carbocycles. The first-order valence-electron chi connectivity index (χ1n) is 12.6. The number of primary amides is 1. The van der Waals surface area contributed by atoms with Gasteiger partial charge < -0.3 is 25.6 Å². The van der Waals surface area contributed by atoms with Crippen LogP contribution in [-0.4, -0.2) is 66.9 Å². The van der Waals surface area contributed by atoms with Crippen molar-refractivity contribution in [2.24, 2.45) is 5.73 Å². The van der Waals surface area contributed by atoms with Gasteiger partial charge in [0, 0.05) is 25.7 Å². The lowest BCUT2D eigenvalue weighted by Crippen LogP contribution is -2.40. The fourth-order valence-corrected chi connectivity index (χ4v) is 5.36. The molecule has 3 heterocycles. The number of nitrogens with two attached hydrogens (primary N) is 1. The molecule has 0 unspecified atom stereocenters. The summed E-state index contributed by atoms with van der Waals surface area (Å²) in [5.41, 5.74) is 7.37. The number of hydrogen-bond donors (Lipinski definition) is 3. The van der Waals surface area contributed by atoms with E-state index >= 15 is 4.39 Å². The highest BCUT2D eigenvalue weighted by Crippen LogP contribution is 2.39. The molecular formula is C27H32FN7O3S. The average molecular weight is 554 g/mol. The number of hydrogen-bond acceptors (Lipinski definition) is 6. The number of aliphatic hydroxyl groups is 1. The Kier molecular flexibility index (Phi) is 7.77. The first-order chi connectivity index (χ1) is 18.1. The van der Waals surface area contributed by atoms with E-state index in [9.17, 15) is 14.7 Å². The van der Waals surface area contributed by atoms with E-state index < -0.39 is 23.9 Å². The second-order valence-electron chi connectivity index (χ2n) is 9.85. The maximum Gasteiger partial charge on any atom is 0.255 e. The molecule has 4 N–H and O–H groups in total. The molecular weight excluding hydrogens is 521 g/mol. The summed E-state index contributed by atoms with van der Waals surface area (Å²) in [6.45, 7) is 7.31.